The van der Waals surface area contributed by atoms with Gasteiger partial charge in [-0.1, -0.05) is 6.92 Å². The summed E-state index contributed by atoms with van der Waals surface area (Å²) in [5.74, 6) is 0. The van der Waals surface area contributed by atoms with E-state index in [4.69, 9.17) is 4.74 Å². The quantitative estimate of drug-likeness (QED) is 0.871. The number of ether oxygens (including phenoxy) is 1. The molecule has 1 fully saturated rings. The molecule has 2 rings (SSSR count). The van der Waals surface area contributed by atoms with Crippen LogP contribution in [0, 0.1) is 6.92 Å². The lowest BCUT2D eigenvalue weighted by Crippen LogP contribution is -2.10. The van der Waals surface area contributed by atoms with Gasteiger partial charge in [0, 0.05) is 12.2 Å². The van der Waals surface area contributed by atoms with Crippen LogP contribution < -0.4 is 0 Å². The highest BCUT2D eigenvalue weighted by Crippen LogP contribution is 2.25. The summed E-state index contributed by atoms with van der Waals surface area (Å²) in [4.78, 5) is 0. The summed E-state index contributed by atoms with van der Waals surface area (Å²) in [5.41, 5.74) is 2.70. The molecule has 4 heteroatoms. The molecular weight excluding hydrogens is 228 g/mol. The highest BCUT2D eigenvalue weighted by Gasteiger charge is 2.19. The molecule has 0 aromatic carbocycles. The Morgan fingerprint density at radius 3 is 3.00 bits per heavy atom. The van der Waals surface area contributed by atoms with Crippen molar-refractivity contribution in [2.75, 3.05) is 6.61 Å². The van der Waals surface area contributed by atoms with E-state index >= 15 is 0 Å². The number of aromatic nitrogens is 2. The van der Waals surface area contributed by atoms with Crippen LogP contribution in [0.5, 0.6) is 0 Å². The maximum absolute atomic E-state index is 10.3. The summed E-state index contributed by atoms with van der Waals surface area (Å²) >= 11 is 0. The van der Waals surface area contributed by atoms with Gasteiger partial charge in [0.2, 0.25) is 0 Å². The number of rotatable bonds is 5. The van der Waals surface area contributed by atoms with Crippen molar-refractivity contribution in [2.45, 2.75) is 58.2 Å². The predicted octanol–water partition coefficient (Wildman–Crippen LogP) is 2.34. The van der Waals surface area contributed by atoms with Gasteiger partial charge in [-0.05, 0) is 45.1 Å². The number of hydrogen-bond acceptors (Lipinski definition) is 4. The molecule has 2 atom stereocenters. The zero-order chi connectivity index (χ0) is 13.0. The topological polar surface area (TPSA) is 55.2 Å². The summed E-state index contributed by atoms with van der Waals surface area (Å²) in [6.07, 6.45) is 4.63. The molecule has 0 saturated carbocycles. The van der Waals surface area contributed by atoms with Gasteiger partial charge < -0.3 is 9.84 Å². The number of hydrogen-bond donors (Lipinski definition) is 1. The van der Waals surface area contributed by atoms with Crippen LogP contribution in [-0.4, -0.2) is 28.0 Å². The minimum absolute atomic E-state index is 0.334. The maximum Gasteiger partial charge on any atom is 0.0810 e. The van der Waals surface area contributed by atoms with E-state index < -0.39 is 6.10 Å². The predicted molar refractivity (Wildman–Crippen MR) is 69.3 cm³/mol. The minimum atomic E-state index is -0.446. The van der Waals surface area contributed by atoms with Crippen LogP contribution in [0.4, 0.5) is 0 Å². The molecule has 0 amide bonds. The molecule has 1 aliphatic heterocycles. The molecule has 2 unspecified atom stereocenters. The number of nitrogens with zero attached hydrogens (tertiary/aromatic N) is 2. The van der Waals surface area contributed by atoms with Crippen molar-refractivity contribution in [3.05, 3.63) is 23.0 Å². The Bertz CT molecular complexity index is 389. The van der Waals surface area contributed by atoms with E-state index in [9.17, 15) is 5.11 Å². The normalized spacial score (nSPS) is 21.2. The first-order chi connectivity index (χ1) is 8.70. The Kier molecular flexibility index (Phi) is 4.66. The Morgan fingerprint density at radius 2 is 2.33 bits per heavy atom. The van der Waals surface area contributed by atoms with Crippen LogP contribution in [0.1, 0.15) is 55.7 Å². The van der Waals surface area contributed by atoms with Gasteiger partial charge in [0.05, 0.1) is 23.6 Å². The lowest BCUT2D eigenvalue weighted by molar-refractivity contribution is 0.0808. The molecule has 18 heavy (non-hydrogen) atoms. The smallest absolute Gasteiger partial charge is 0.0810 e. The molecule has 1 aromatic heterocycles. The number of aryl methyl sites for hydroxylation is 2. The van der Waals surface area contributed by atoms with Crippen molar-refractivity contribution >= 4 is 0 Å². The van der Waals surface area contributed by atoms with Gasteiger partial charge in [-0.3, -0.25) is 0 Å². The van der Waals surface area contributed by atoms with E-state index in [2.05, 4.69) is 10.2 Å². The summed E-state index contributed by atoms with van der Waals surface area (Å²) in [5, 5.41) is 18.5. The lowest BCUT2D eigenvalue weighted by atomic mass is 9.99. The first-order valence-corrected chi connectivity index (χ1v) is 6.83. The third kappa shape index (κ3) is 3.27. The van der Waals surface area contributed by atoms with Crippen LogP contribution in [0.3, 0.4) is 0 Å². The Hall–Kier alpha value is -1.00. The third-order valence-electron chi connectivity index (χ3n) is 3.51. The fourth-order valence-electron chi connectivity index (χ4n) is 2.47. The lowest BCUT2D eigenvalue weighted by Gasteiger charge is -2.16. The first-order valence-electron chi connectivity index (χ1n) is 6.83. The summed E-state index contributed by atoms with van der Waals surface area (Å²) in [7, 11) is 0. The summed E-state index contributed by atoms with van der Waals surface area (Å²) in [6, 6.07) is 1.95. The molecule has 0 spiro atoms. The maximum atomic E-state index is 10.3. The zero-order valence-corrected chi connectivity index (χ0v) is 11.2. The van der Waals surface area contributed by atoms with Crippen molar-refractivity contribution in [1.29, 1.82) is 0 Å². The van der Waals surface area contributed by atoms with E-state index in [0.717, 1.165) is 55.7 Å². The fourth-order valence-corrected chi connectivity index (χ4v) is 2.47. The first kappa shape index (κ1) is 13.4. The van der Waals surface area contributed by atoms with Gasteiger partial charge in [-0.25, -0.2) is 0 Å². The number of aliphatic hydroxyl groups excluding tert-OH is 1. The molecular formula is C14H22N2O2. The van der Waals surface area contributed by atoms with Crippen molar-refractivity contribution < 1.29 is 9.84 Å². The third-order valence-corrected chi connectivity index (χ3v) is 3.51. The Labute approximate surface area is 108 Å². The van der Waals surface area contributed by atoms with Crippen molar-refractivity contribution in [1.82, 2.24) is 10.2 Å². The highest BCUT2D eigenvalue weighted by molar-refractivity contribution is 5.23. The fraction of sp³-hybridized carbons (Fsp3) is 0.714. The number of aliphatic hydroxyl groups is 1. The molecule has 1 saturated heterocycles. The SMILES string of the molecule is CCc1nnc(C)cc1C(O)CCC1CCCO1. The molecule has 0 bridgehead atoms. The Morgan fingerprint density at radius 1 is 1.50 bits per heavy atom. The van der Waals surface area contributed by atoms with E-state index in [0.29, 0.717) is 6.10 Å². The van der Waals surface area contributed by atoms with E-state index in [-0.39, 0.29) is 0 Å². The highest BCUT2D eigenvalue weighted by atomic mass is 16.5. The van der Waals surface area contributed by atoms with Crippen LogP contribution in [0.25, 0.3) is 0 Å². The van der Waals surface area contributed by atoms with Gasteiger partial charge in [-0.15, -0.1) is 0 Å². The van der Waals surface area contributed by atoms with Crippen LogP contribution in [0.2, 0.25) is 0 Å². The van der Waals surface area contributed by atoms with Gasteiger partial charge in [-0.2, -0.15) is 10.2 Å². The Balaban J connectivity index is 1.98. The average molecular weight is 250 g/mol. The van der Waals surface area contributed by atoms with Crippen LogP contribution in [-0.2, 0) is 11.2 Å². The molecule has 100 valence electrons. The molecule has 1 aliphatic rings. The van der Waals surface area contributed by atoms with Crippen molar-refractivity contribution in [2.24, 2.45) is 0 Å². The standard InChI is InChI=1S/C14H22N2O2/c1-3-13-12(9-10(2)15-16-13)14(17)7-6-11-5-4-8-18-11/h9,11,14,17H,3-8H2,1-2H3. The van der Waals surface area contributed by atoms with Crippen LogP contribution >= 0.6 is 0 Å². The summed E-state index contributed by atoms with van der Waals surface area (Å²) < 4.78 is 5.58. The van der Waals surface area contributed by atoms with E-state index in [1.165, 1.54) is 0 Å². The second-order valence-corrected chi connectivity index (χ2v) is 4.97. The largest absolute Gasteiger partial charge is 0.388 e. The molecule has 1 N–H and O–H groups in total. The van der Waals surface area contributed by atoms with E-state index in [1.807, 2.05) is 19.9 Å². The van der Waals surface area contributed by atoms with Gasteiger partial charge >= 0.3 is 0 Å². The van der Waals surface area contributed by atoms with Gasteiger partial charge in [0.15, 0.2) is 0 Å². The second-order valence-electron chi connectivity index (χ2n) is 4.97. The van der Waals surface area contributed by atoms with Crippen molar-refractivity contribution in [3.8, 4) is 0 Å². The molecule has 2 heterocycles. The second kappa shape index (κ2) is 6.25. The van der Waals surface area contributed by atoms with Gasteiger partial charge in [0.25, 0.3) is 0 Å². The molecule has 0 radical (unpaired) electrons. The molecule has 4 nitrogen and oxygen atoms in total. The van der Waals surface area contributed by atoms with Crippen molar-refractivity contribution in [3.63, 3.8) is 0 Å². The van der Waals surface area contributed by atoms with E-state index in [1.54, 1.807) is 0 Å². The zero-order valence-electron chi connectivity index (χ0n) is 11.2. The van der Waals surface area contributed by atoms with Gasteiger partial charge in [0.1, 0.15) is 0 Å². The molecule has 0 aliphatic carbocycles. The minimum Gasteiger partial charge on any atom is -0.388 e. The summed E-state index contributed by atoms with van der Waals surface area (Å²) in [6.45, 7) is 4.81. The average Bonchev–Trinajstić information content (AvgIpc) is 2.89. The molecule has 1 aromatic rings. The monoisotopic (exact) mass is 250 g/mol. The van der Waals surface area contributed by atoms with Crippen LogP contribution in [0.15, 0.2) is 6.07 Å².